The molecule has 0 spiro atoms. The van der Waals surface area contributed by atoms with Gasteiger partial charge in [0.05, 0.1) is 0 Å². The highest BCUT2D eigenvalue weighted by molar-refractivity contribution is 4.92. The topological polar surface area (TPSA) is 15.3 Å². The summed E-state index contributed by atoms with van der Waals surface area (Å²) in [6, 6.07) is 0.790. The maximum atomic E-state index is 3.55. The van der Waals surface area contributed by atoms with E-state index in [1.165, 1.54) is 51.9 Å². The van der Waals surface area contributed by atoms with Crippen LogP contribution in [0.4, 0.5) is 0 Å². The van der Waals surface area contributed by atoms with E-state index < -0.39 is 0 Å². The van der Waals surface area contributed by atoms with Crippen molar-refractivity contribution in [3.63, 3.8) is 0 Å². The third-order valence-electron chi connectivity index (χ3n) is 5.12. The van der Waals surface area contributed by atoms with Crippen molar-refractivity contribution in [1.82, 2.24) is 10.2 Å². The average molecular weight is 224 g/mol. The summed E-state index contributed by atoms with van der Waals surface area (Å²) in [6.45, 7) is 12.3. The Morgan fingerprint density at radius 1 is 1.38 bits per heavy atom. The van der Waals surface area contributed by atoms with Gasteiger partial charge in [0.2, 0.25) is 0 Å². The van der Waals surface area contributed by atoms with E-state index in [9.17, 15) is 0 Å². The predicted octanol–water partition coefficient (Wildman–Crippen LogP) is 2.50. The second kappa shape index (κ2) is 5.05. The smallest absolute Gasteiger partial charge is 0.00928 e. The first kappa shape index (κ1) is 12.4. The van der Waals surface area contributed by atoms with Crippen molar-refractivity contribution >= 4 is 0 Å². The Balaban J connectivity index is 1.96. The lowest BCUT2D eigenvalue weighted by atomic mass is 9.81. The second-order valence-corrected chi connectivity index (χ2v) is 6.11. The Morgan fingerprint density at radius 2 is 2.19 bits per heavy atom. The molecule has 2 aliphatic rings. The molecular formula is C14H28N2. The highest BCUT2D eigenvalue weighted by Gasteiger charge is 2.36. The fourth-order valence-electron chi connectivity index (χ4n) is 3.42. The molecule has 2 heteroatoms. The van der Waals surface area contributed by atoms with Gasteiger partial charge in [-0.1, -0.05) is 13.8 Å². The van der Waals surface area contributed by atoms with Crippen molar-refractivity contribution < 1.29 is 0 Å². The van der Waals surface area contributed by atoms with Crippen LogP contribution in [0.1, 0.15) is 46.5 Å². The monoisotopic (exact) mass is 224 g/mol. The summed E-state index contributed by atoms with van der Waals surface area (Å²) >= 11 is 0. The van der Waals surface area contributed by atoms with Gasteiger partial charge in [-0.2, -0.15) is 0 Å². The van der Waals surface area contributed by atoms with Gasteiger partial charge < -0.3 is 5.32 Å². The molecule has 0 radical (unpaired) electrons. The van der Waals surface area contributed by atoms with Crippen LogP contribution in [0.2, 0.25) is 0 Å². The molecule has 0 aromatic rings. The molecule has 2 saturated heterocycles. The summed E-state index contributed by atoms with van der Waals surface area (Å²) < 4.78 is 0. The number of likely N-dealkylation sites (tertiary alicyclic amines) is 1. The van der Waals surface area contributed by atoms with E-state index in [-0.39, 0.29) is 0 Å². The first-order valence-corrected chi connectivity index (χ1v) is 7.12. The minimum atomic E-state index is 0.575. The molecule has 1 N–H and O–H groups in total. The van der Waals surface area contributed by atoms with Crippen LogP contribution in [-0.4, -0.2) is 37.1 Å². The Labute approximate surface area is 101 Å². The molecule has 94 valence electrons. The van der Waals surface area contributed by atoms with Gasteiger partial charge in [0.15, 0.2) is 0 Å². The number of hydrogen-bond donors (Lipinski definition) is 1. The number of piperidine rings is 1. The molecule has 2 aliphatic heterocycles. The zero-order valence-electron chi connectivity index (χ0n) is 11.3. The highest BCUT2D eigenvalue weighted by atomic mass is 15.2. The Hall–Kier alpha value is -0.0800. The minimum absolute atomic E-state index is 0.575. The normalized spacial score (nSPS) is 41.4. The molecule has 2 heterocycles. The molecule has 0 aromatic carbocycles. The summed E-state index contributed by atoms with van der Waals surface area (Å²) in [5, 5.41) is 3.55. The van der Waals surface area contributed by atoms with E-state index in [0.29, 0.717) is 5.41 Å². The number of hydrogen-bond acceptors (Lipinski definition) is 2. The van der Waals surface area contributed by atoms with Crippen LogP contribution in [0, 0.1) is 11.3 Å². The molecule has 0 aromatic heterocycles. The summed E-state index contributed by atoms with van der Waals surface area (Å²) in [6.07, 6.45) is 5.53. The Bertz CT molecular complexity index is 221. The van der Waals surface area contributed by atoms with Crippen molar-refractivity contribution in [3.8, 4) is 0 Å². The molecule has 3 atom stereocenters. The summed E-state index contributed by atoms with van der Waals surface area (Å²) in [4.78, 5) is 2.75. The number of nitrogens with zero attached hydrogens (tertiary/aromatic N) is 1. The Kier molecular flexibility index (Phi) is 3.91. The van der Waals surface area contributed by atoms with Crippen LogP contribution in [0.15, 0.2) is 0 Å². The second-order valence-electron chi connectivity index (χ2n) is 6.11. The largest absolute Gasteiger partial charge is 0.316 e. The summed E-state index contributed by atoms with van der Waals surface area (Å²) in [5.41, 5.74) is 0.575. The molecular weight excluding hydrogens is 196 g/mol. The van der Waals surface area contributed by atoms with Crippen molar-refractivity contribution in [3.05, 3.63) is 0 Å². The Morgan fingerprint density at radius 3 is 2.81 bits per heavy atom. The van der Waals surface area contributed by atoms with E-state index in [1.807, 2.05) is 0 Å². The molecule has 3 unspecified atom stereocenters. The predicted molar refractivity (Wildman–Crippen MR) is 69.6 cm³/mol. The standard InChI is InChI=1S/C14H28N2/c1-4-14(7-8-15-10-14)11-16-9-5-6-12(2)13(16)3/h12-13,15H,4-11H2,1-3H3. The van der Waals surface area contributed by atoms with Crippen LogP contribution >= 0.6 is 0 Å². The van der Waals surface area contributed by atoms with Crippen molar-refractivity contribution in [2.45, 2.75) is 52.5 Å². The van der Waals surface area contributed by atoms with E-state index in [2.05, 4.69) is 31.0 Å². The lowest BCUT2D eigenvalue weighted by molar-refractivity contribution is 0.0643. The van der Waals surface area contributed by atoms with E-state index in [1.54, 1.807) is 0 Å². The van der Waals surface area contributed by atoms with Gasteiger partial charge in [0.1, 0.15) is 0 Å². The van der Waals surface area contributed by atoms with Gasteiger partial charge in [0, 0.05) is 19.1 Å². The highest BCUT2D eigenvalue weighted by Crippen LogP contribution is 2.33. The van der Waals surface area contributed by atoms with E-state index >= 15 is 0 Å². The van der Waals surface area contributed by atoms with E-state index in [0.717, 1.165) is 12.0 Å². The molecule has 0 aliphatic carbocycles. The zero-order valence-corrected chi connectivity index (χ0v) is 11.3. The maximum Gasteiger partial charge on any atom is 0.00928 e. The molecule has 0 bridgehead atoms. The SMILES string of the molecule is CCC1(CN2CCCC(C)C2C)CCNC1. The van der Waals surface area contributed by atoms with Gasteiger partial charge in [-0.3, -0.25) is 4.90 Å². The van der Waals surface area contributed by atoms with Crippen LogP contribution in [-0.2, 0) is 0 Å². The van der Waals surface area contributed by atoms with Crippen molar-refractivity contribution in [2.75, 3.05) is 26.2 Å². The number of nitrogens with one attached hydrogen (secondary N) is 1. The molecule has 16 heavy (non-hydrogen) atoms. The molecule has 0 saturated carbocycles. The van der Waals surface area contributed by atoms with E-state index in [4.69, 9.17) is 0 Å². The fourth-order valence-corrected chi connectivity index (χ4v) is 3.42. The molecule has 2 rings (SSSR count). The lowest BCUT2D eigenvalue weighted by Crippen LogP contribution is -2.48. The maximum absolute atomic E-state index is 3.55. The number of rotatable bonds is 3. The first-order chi connectivity index (χ1) is 7.67. The van der Waals surface area contributed by atoms with Gasteiger partial charge in [0.25, 0.3) is 0 Å². The summed E-state index contributed by atoms with van der Waals surface area (Å²) in [5.74, 6) is 0.886. The quantitative estimate of drug-likeness (QED) is 0.792. The molecule has 2 fully saturated rings. The first-order valence-electron chi connectivity index (χ1n) is 7.12. The zero-order chi connectivity index (χ0) is 11.6. The van der Waals surface area contributed by atoms with Crippen LogP contribution in [0.25, 0.3) is 0 Å². The van der Waals surface area contributed by atoms with Gasteiger partial charge in [-0.05, 0) is 57.0 Å². The van der Waals surface area contributed by atoms with Crippen LogP contribution in [0.5, 0.6) is 0 Å². The van der Waals surface area contributed by atoms with Gasteiger partial charge in [-0.15, -0.1) is 0 Å². The van der Waals surface area contributed by atoms with Crippen LogP contribution in [0.3, 0.4) is 0 Å². The molecule has 2 nitrogen and oxygen atoms in total. The fraction of sp³-hybridized carbons (Fsp3) is 1.00. The lowest BCUT2D eigenvalue weighted by Gasteiger charge is -2.43. The molecule has 0 amide bonds. The van der Waals surface area contributed by atoms with Gasteiger partial charge in [-0.25, -0.2) is 0 Å². The third kappa shape index (κ3) is 2.43. The average Bonchev–Trinajstić information content (AvgIpc) is 2.74. The summed E-state index contributed by atoms with van der Waals surface area (Å²) in [7, 11) is 0. The van der Waals surface area contributed by atoms with Gasteiger partial charge >= 0.3 is 0 Å². The van der Waals surface area contributed by atoms with Crippen LogP contribution < -0.4 is 5.32 Å². The van der Waals surface area contributed by atoms with Crippen molar-refractivity contribution in [2.24, 2.45) is 11.3 Å². The minimum Gasteiger partial charge on any atom is -0.316 e. The third-order valence-corrected chi connectivity index (χ3v) is 5.12. The van der Waals surface area contributed by atoms with Crippen molar-refractivity contribution in [1.29, 1.82) is 0 Å².